The van der Waals surface area contributed by atoms with Crippen LogP contribution in [0.25, 0.3) is 0 Å². The third kappa shape index (κ3) is 5.60. The highest BCUT2D eigenvalue weighted by atomic mass is 79.9. The maximum atomic E-state index is 12.8. The monoisotopic (exact) mass is 408 g/mol. The summed E-state index contributed by atoms with van der Waals surface area (Å²) in [6.07, 6.45) is -4.30. The Bertz CT molecular complexity index is 452. The highest BCUT2D eigenvalue weighted by molar-refractivity contribution is 9.10. The molecular weight excluding hydrogens is 392 g/mol. The second kappa shape index (κ2) is 8.58. The summed E-state index contributed by atoms with van der Waals surface area (Å²) in [6, 6.07) is 4.12. The van der Waals surface area contributed by atoms with Crippen molar-refractivity contribution in [3.63, 3.8) is 0 Å². The normalized spacial score (nSPS) is 17.6. The van der Waals surface area contributed by atoms with E-state index in [1.165, 1.54) is 6.07 Å². The molecule has 21 heavy (non-hydrogen) atoms. The molecule has 1 N–H and O–H groups in total. The van der Waals surface area contributed by atoms with Crippen molar-refractivity contribution in [3.8, 4) is 0 Å². The molecule has 1 atom stereocenters. The minimum atomic E-state index is -4.30. The van der Waals surface area contributed by atoms with Crippen molar-refractivity contribution in [2.24, 2.45) is 0 Å². The molecule has 1 fully saturated rings. The first-order valence-corrected chi connectivity index (χ1v) is 6.99. The molecule has 0 radical (unpaired) electrons. The largest absolute Gasteiger partial charge is 0.416 e. The number of halogens is 6. The lowest BCUT2D eigenvalue weighted by atomic mass is 10.0. The Morgan fingerprint density at radius 1 is 1.14 bits per heavy atom. The number of rotatable bonds is 2. The first kappa shape index (κ1) is 21.0. The molecule has 0 bridgehead atoms. The minimum Gasteiger partial charge on any atom is -0.314 e. The lowest BCUT2D eigenvalue weighted by molar-refractivity contribution is -0.137. The van der Waals surface area contributed by atoms with Crippen molar-refractivity contribution < 1.29 is 13.2 Å². The quantitative estimate of drug-likeness (QED) is 0.784. The third-order valence-corrected chi connectivity index (χ3v) is 3.89. The van der Waals surface area contributed by atoms with Gasteiger partial charge in [0.05, 0.1) is 5.56 Å². The Morgan fingerprint density at radius 2 is 1.71 bits per heavy atom. The smallest absolute Gasteiger partial charge is 0.314 e. The number of alkyl halides is 3. The number of benzene rings is 1. The van der Waals surface area contributed by atoms with Gasteiger partial charge in [-0.25, -0.2) is 0 Å². The second-order valence-electron chi connectivity index (χ2n) is 4.73. The van der Waals surface area contributed by atoms with Gasteiger partial charge in [0, 0.05) is 36.7 Å². The Hall–Kier alpha value is -0.0100. The van der Waals surface area contributed by atoms with Crippen LogP contribution in [0, 0.1) is 0 Å². The Kier molecular flexibility index (Phi) is 8.57. The molecule has 1 saturated heterocycles. The van der Waals surface area contributed by atoms with E-state index in [2.05, 4.69) is 26.1 Å². The predicted molar refractivity (Wildman–Crippen MR) is 86.5 cm³/mol. The van der Waals surface area contributed by atoms with Crippen LogP contribution in [-0.2, 0) is 6.18 Å². The van der Waals surface area contributed by atoms with Crippen LogP contribution in [0.4, 0.5) is 13.2 Å². The van der Waals surface area contributed by atoms with Crippen LogP contribution < -0.4 is 5.32 Å². The highest BCUT2D eigenvalue weighted by Crippen LogP contribution is 2.34. The van der Waals surface area contributed by atoms with E-state index in [9.17, 15) is 13.2 Å². The van der Waals surface area contributed by atoms with Gasteiger partial charge in [-0.1, -0.05) is 15.9 Å². The molecule has 1 aliphatic rings. The molecule has 0 saturated carbocycles. The Morgan fingerprint density at radius 3 is 2.24 bits per heavy atom. The molecule has 2 nitrogen and oxygen atoms in total. The molecule has 1 heterocycles. The second-order valence-corrected chi connectivity index (χ2v) is 5.65. The molecular formula is C13H18BrCl2F3N2. The topological polar surface area (TPSA) is 15.3 Å². The van der Waals surface area contributed by atoms with Crippen LogP contribution in [0.2, 0.25) is 0 Å². The standard InChI is InChI=1S/C13H16BrF3N2.2ClH/c1-9(19-4-2-18-3-5-19)10-6-11(13(15,16)17)8-12(14)7-10;;/h6-9,18H,2-5H2,1H3;2*1H/t9-;;/m1../s1. The van der Waals surface area contributed by atoms with Gasteiger partial charge in [0.1, 0.15) is 0 Å². The van der Waals surface area contributed by atoms with Gasteiger partial charge >= 0.3 is 6.18 Å². The van der Waals surface area contributed by atoms with Crippen LogP contribution in [0.5, 0.6) is 0 Å². The molecule has 122 valence electrons. The zero-order valence-corrected chi connectivity index (χ0v) is 14.6. The van der Waals surface area contributed by atoms with E-state index in [1.807, 2.05) is 6.92 Å². The van der Waals surface area contributed by atoms with Crippen molar-refractivity contribution in [1.29, 1.82) is 0 Å². The SMILES string of the molecule is C[C@H](c1cc(Br)cc(C(F)(F)F)c1)N1CCNCC1.Cl.Cl. The summed E-state index contributed by atoms with van der Waals surface area (Å²) < 4.78 is 38.9. The lowest BCUT2D eigenvalue weighted by Crippen LogP contribution is -2.44. The predicted octanol–water partition coefficient (Wildman–Crippen LogP) is 4.28. The van der Waals surface area contributed by atoms with Gasteiger partial charge in [-0.05, 0) is 30.7 Å². The molecule has 2 rings (SSSR count). The van der Waals surface area contributed by atoms with Crippen molar-refractivity contribution in [2.75, 3.05) is 26.2 Å². The lowest BCUT2D eigenvalue weighted by Gasteiger charge is -2.33. The summed E-state index contributed by atoms with van der Waals surface area (Å²) in [5, 5.41) is 3.24. The van der Waals surface area contributed by atoms with Crippen LogP contribution in [0.1, 0.15) is 24.1 Å². The van der Waals surface area contributed by atoms with E-state index in [-0.39, 0.29) is 30.9 Å². The fourth-order valence-electron chi connectivity index (χ4n) is 2.30. The zero-order chi connectivity index (χ0) is 14.0. The summed E-state index contributed by atoms with van der Waals surface area (Å²) >= 11 is 3.17. The highest BCUT2D eigenvalue weighted by Gasteiger charge is 2.32. The summed E-state index contributed by atoms with van der Waals surface area (Å²) in [5.41, 5.74) is 0.0995. The molecule has 1 aliphatic heterocycles. The molecule has 0 amide bonds. The molecule has 1 aromatic rings. The average molecular weight is 410 g/mol. The minimum absolute atomic E-state index is 0. The van der Waals surface area contributed by atoms with Crippen LogP contribution in [0.15, 0.2) is 22.7 Å². The summed E-state index contributed by atoms with van der Waals surface area (Å²) in [5.74, 6) is 0. The first-order valence-electron chi connectivity index (χ1n) is 6.20. The van der Waals surface area contributed by atoms with E-state index in [0.717, 1.165) is 32.2 Å². The molecule has 0 spiro atoms. The van der Waals surface area contributed by atoms with E-state index >= 15 is 0 Å². The average Bonchev–Trinajstić information content (AvgIpc) is 2.37. The Labute approximate surface area is 143 Å². The van der Waals surface area contributed by atoms with Gasteiger partial charge in [0.2, 0.25) is 0 Å². The van der Waals surface area contributed by atoms with E-state index in [1.54, 1.807) is 6.07 Å². The fraction of sp³-hybridized carbons (Fsp3) is 0.538. The van der Waals surface area contributed by atoms with Crippen molar-refractivity contribution in [3.05, 3.63) is 33.8 Å². The number of hydrogen-bond acceptors (Lipinski definition) is 2. The van der Waals surface area contributed by atoms with Gasteiger partial charge in [0.25, 0.3) is 0 Å². The van der Waals surface area contributed by atoms with Gasteiger partial charge in [-0.3, -0.25) is 4.90 Å². The van der Waals surface area contributed by atoms with Crippen molar-refractivity contribution in [1.82, 2.24) is 10.2 Å². The third-order valence-electron chi connectivity index (χ3n) is 3.43. The van der Waals surface area contributed by atoms with Gasteiger partial charge in [-0.2, -0.15) is 13.2 Å². The molecule has 0 aromatic heterocycles. The molecule has 1 aromatic carbocycles. The number of nitrogens with one attached hydrogen (secondary N) is 1. The number of piperazine rings is 1. The van der Waals surface area contributed by atoms with E-state index < -0.39 is 11.7 Å². The fourth-order valence-corrected chi connectivity index (χ4v) is 2.81. The Balaban J connectivity index is 0.00000200. The number of nitrogens with zero attached hydrogens (tertiary/aromatic N) is 1. The van der Waals surface area contributed by atoms with Gasteiger partial charge in [-0.15, -0.1) is 24.8 Å². The van der Waals surface area contributed by atoms with Crippen LogP contribution in [0.3, 0.4) is 0 Å². The summed E-state index contributed by atoms with van der Waals surface area (Å²) in [6.45, 7) is 5.42. The van der Waals surface area contributed by atoms with Crippen LogP contribution >= 0.6 is 40.7 Å². The van der Waals surface area contributed by atoms with Gasteiger partial charge in [0.15, 0.2) is 0 Å². The van der Waals surface area contributed by atoms with Crippen molar-refractivity contribution in [2.45, 2.75) is 19.1 Å². The summed E-state index contributed by atoms with van der Waals surface area (Å²) in [4.78, 5) is 2.19. The molecule has 8 heteroatoms. The van der Waals surface area contributed by atoms with E-state index in [0.29, 0.717) is 10.0 Å². The summed E-state index contributed by atoms with van der Waals surface area (Å²) in [7, 11) is 0. The maximum Gasteiger partial charge on any atom is 0.416 e. The number of hydrogen-bond donors (Lipinski definition) is 1. The van der Waals surface area contributed by atoms with Gasteiger partial charge < -0.3 is 5.32 Å². The van der Waals surface area contributed by atoms with Crippen LogP contribution in [-0.4, -0.2) is 31.1 Å². The molecule has 0 unspecified atom stereocenters. The molecule has 0 aliphatic carbocycles. The zero-order valence-electron chi connectivity index (χ0n) is 11.4. The van der Waals surface area contributed by atoms with E-state index in [4.69, 9.17) is 0 Å². The maximum absolute atomic E-state index is 12.8. The van der Waals surface area contributed by atoms with Crippen molar-refractivity contribution >= 4 is 40.7 Å². The first-order chi connectivity index (χ1) is 8.88.